The van der Waals surface area contributed by atoms with Gasteiger partial charge in [-0.2, -0.15) is 5.10 Å². The molecule has 0 spiro atoms. The molecular weight excluding hydrogens is 393 g/mol. The van der Waals surface area contributed by atoms with Gasteiger partial charge >= 0.3 is 5.97 Å². The first-order valence-corrected chi connectivity index (χ1v) is 8.63. The predicted octanol–water partition coefficient (Wildman–Crippen LogP) is 3.52. The summed E-state index contributed by atoms with van der Waals surface area (Å²) in [5.41, 5.74) is 0.735. The van der Waals surface area contributed by atoms with Crippen LogP contribution in [0.5, 0.6) is 0 Å². The molecule has 4 aromatic rings. The molecule has 0 bridgehead atoms. The number of carboxylic acids is 1. The number of hydrogen-bond donors (Lipinski definition) is 1. The molecule has 0 radical (unpaired) electrons. The number of carboxylic acid groups (broad SMARTS) is 1. The van der Waals surface area contributed by atoms with E-state index >= 15 is 0 Å². The maximum absolute atomic E-state index is 12.7. The third-order valence-corrected chi connectivity index (χ3v) is 4.50. The summed E-state index contributed by atoms with van der Waals surface area (Å²) in [5.74, 6) is -0.832. The van der Waals surface area contributed by atoms with Crippen molar-refractivity contribution in [3.05, 3.63) is 68.4 Å². The highest BCUT2D eigenvalue weighted by Gasteiger charge is 2.16. The normalized spacial score (nSPS) is 11.3. The van der Waals surface area contributed by atoms with E-state index in [9.17, 15) is 9.59 Å². The van der Waals surface area contributed by atoms with Gasteiger partial charge in [-0.15, -0.1) is 0 Å². The van der Waals surface area contributed by atoms with Crippen molar-refractivity contribution >= 4 is 51.0 Å². The number of nitrogens with zero attached hydrogens (tertiary/aromatic N) is 3. The second-order valence-corrected chi connectivity index (χ2v) is 6.71. The van der Waals surface area contributed by atoms with Crippen molar-refractivity contribution in [1.29, 1.82) is 0 Å². The number of benzene rings is 2. The summed E-state index contributed by atoms with van der Waals surface area (Å²) in [4.78, 5) is 28.2. The van der Waals surface area contributed by atoms with Crippen LogP contribution in [0.25, 0.3) is 21.9 Å². The third kappa shape index (κ3) is 3.27. The number of carbonyl (C=O) groups is 1. The van der Waals surface area contributed by atoms with Crippen LogP contribution in [0.1, 0.15) is 11.6 Å². The molecule has 0 unspecified atom stereocenters. The van der Waals surface area contributed by atoms with Gasteiger partial charge in [0.1, 0.15) is 12.1 Å². The number of rotatable bonds is 4. The molecule has 7 nitrogen and oxygen atoms in total. The Bertz CT molecular complexity index is 1260. The average Bonchev–Trinajstić information content (AvgIpc) is 3.01. The van der Waals surface area contributed by atoms with Gasteiger partial charge in [-0.05, 0) is 18.2 Å². The van der Waals surface area contributed by atoms with Gasteiger partial charge in [0.15, 0.2) is 5.58 Å². The Morgan fingerprint density at radius 3 is 2.67 bits per heavy atom. The zero-order valence-electron chi connectivity index (χ0n) is 13.6. The highest BCUT2D eigenvalue weighted by atomic mass is 35.5. The second kappa shape index (κ2) is 6.68. The van der Waals surface area contributed by atoms with Crippen molar-refractivity contribution < 1.29 is 14.3 Å². The molecule has 0 amide bonds. The molecule has 0 aliphatic carbocycles. The number of halogens is 2. The molecule has 0 saturated carbocycles. The maximum atomic E-state index is 12.7. The molecule has 136 valence electrons. The minimum atomic E-state index is -1.04. The van der Waals surface area contributed by atoms with Gasteiger partial charge in [0.2, 0.25) is 5.89 Å². The van der Waals surface area contributed by atoms with Crippen LogP contribution in [0.3, 0.4) is 0 Å². The molecular formula is C18H11Cl2N3O4. The van der Waals surface area contributed by atoms with Crippen LogP contribution in [-0.2, 0) is 17.8 Å². The molecule has 9 heteroatoms. The topological polar surface area (TPSA) is 98.2 Å². The Kier molecular flexibility index (Phi) is 4.33. The Morgan fingerprint density at radius 2 is 1.93 bits per heavy atom. The van der Waals surface area contributed by atoms with Crippen LogP contribution in [0.4, 0.5) is 0 Å². The van der Waals surface area contributed by atoms with Crippen molar-refractivity contribution in [2.45, 2.75) is 13.0 Å². The van der Waals surface area contributed by atoms with E-state index < -0.39 is 5.97 Å². The Balaban J connectivity index is 1.84. The molecule has 0 saturated heterocycles. The fourth-order valence-corrected chi connectivity index (χ4v) is 3.41. The summed E-state index contributed by atoms with van der Waals surface area (Å²) < 4.78 is 6.77. The van der Waals surface area contributed by atoms with Crippen molar-refractivity contribution in [2.24, 2.45) is 0 Å². The lowest BCUT2D eigenvalue weighted by Gasteiger charge is -2.08. The molecule has 27 heavy (non-hydrogen) atoms. The molecule has 2 aromatic heterocycles. The van der Waals surface area contributed by atoms with E-state index in [1.54, 1.807) is 30.3 Å². The number of aromatic nitrogens is 3. The van der Waals surface area contributed by atoms with Crippen molar-refractivity contribution in [3.8, 4) is 0 Å². The quantitative estimate of drug-likeness (QED) is 0.559. The van der Waals surface area contributed by atoms with Gasteiger partial charge in [-0.3, -0.25) is 9.59 Å². The summed E-state index contributed by atoms with van der Waals surface area (Å²) in [6.07, 6.45) is -0.310. The highest BCUT2D eigenvalue weighted by molar-refractivity contribution is 6.37. The minimum absolute atomic E-state index is 0.0705. The zero-order chi connectivity index (χ0) is 19.1. The fourth-order valence-electron chi connectivity index (χ4n) is 2.89. The van der Waals surface area contributed by atoms with Gasteiger partial charge in [0.05, 0.1) is 22.5 Å². The van der Waals surface area contributed by atoms with Crippen LogP contribution in [0.15, 0.2) is 45.6 Å². The van der Waals surface area contributed by atoms with E-state index in [-0.39, 0.29) is 30.1 Å². The highest BCUT2D eigenvalue weighted by Crippen LogP contribution is 2.28. The second-order valence-electron chi connectivity index (χ2n) is 5.87. The van der Waals surface area contributed by atoms with Gasteiger partial charge < -0.3 is 9.52 Å². The van der Waals surface area contributed by atoms with Crippen LogP contribution in [0, 0.1) is 0 Å². The minimum Gasteiger partial charge on any atom is -0.481 e. The van der Waals surface area contributed by atoms with Crippen molar-refractivity contribution in [3.63, 3.8) is 0 Å². The first kappa shape index (κ1) is 17.5. The predicted molar refractivity (Wildman–Crippen MR) is 100 cm³/mol. The molecule has 2 aromatic carbocycles. The zero-order valence-corrected chi connectivity index (χ0v) is 15.2. The monoisotopic (exact) mass is 403 g/mol. The molecule has 0 aliphatic rings. The first-order valence-electron chi connectivity index (χ1n) is 7.87. The SMILES string of the molecule is O=C(O)Cc1nn(Cc2nc3cc(Cl)cc(Cl)c3o2)c(=O)c2ccccc12. The van der Waals surface area contributed by atoms with Crippen LogP contribution in [0.2, 0.25) is 10.0 Å². The molecule has 0 atom stereocenters. The van der Waals surface area contributed by atoms with E-state index in [2.05, 4.69) is 10.1 Å². The molecule has 0 aliphatic heterocycles. The van der Waals surface area contributed by atoms with Crippen molar-refractivity contribution in [1.82, 2.24) is 14.8 Å². The summed E-state index contributed by atoms with van der Waals surface area (Å²) in [6, 6.07) is 9.87. The molecule has 4 rings (SSSR count). The Hall–Kier alpha value is -2.90. The lowest BCUT2D eigenvalue weighted by molar-refractivity contribution is -0.136. The first-order chi connectivity index (χ1) is 12.9. The van der Waals surface area contributed by atoms with E-state index in [4.69, 9.17) is 32.7 Å². The number of fused-ring (bicyclic) bond motifs is 2. The van der Waals surface area contributed by atoms with E-state index in [0.29, 0.717) is 31.9 Å². The van der Waals surface area contributed by atoms with E-state index in [1.165, 1.54) is 6.07 Å². The lowest BCUT2D eigenvalue weighted by Crippen LogP contribution is -2.26. The molecule has 1 N–H and O–H groups in total. The average molecular weight is 404 g/mol. The third-order valence-electron chi connectivity index (χ3n) is 4.00. The fraction of sp³-hybridized carbons (Fsp3) is 0.111. The van der Waals surface area contributed by atoms with Gasteiger partial charge in [-0.1, -0.05) is 41.4 Å². The van der Waals surface area contributed by atoms with Gasteiger partial charge in [0, 0.05) is 10.4 Å². The van der Waals surface area contributed by atoms with E-state index in [0.717, 1.165) is 4.68 Å². The van der Waals surface area contributed by atoms with Crippen LogP contribution in [-0.4, -0.2) is 25.8 Å². The van der Waals surface area contributed by atoms with Gasteiger partial charge in [0.25, 0.3) is 5.56 Å². The summed E-state index contributed by atoms with van der Waals surface area (Å²) in [5, 5.41) is 15.0. The summed E-state index contributed by atoms with van der Waals surface area (Å²) >= 11 is 12.1. The molecule has 2 heterocycles. The number of hydrogen-bond acceptors (Lipinski definition) is 5. The van der Waals surface area contributed by atoms with Gasteiger partial charge in [-0.25, -0.2) is 9.67 Å². The number of oxazole rings is 1. The summed E-state index contributed by atoms with van der Waals surface area (Å²) in [7, 11) is 0. The summed E-state index contributed by atoms with van der Waals surface area (Å²) in [6.45, 7) is -0.0705. The van der Waals surface area contributed by atoms with Crippen LogP contribution >= 0.6 is 23.2 Å². The molecule has 0 fully saturated rings. The smallest absolute Gasteiger partial charge is 0.309 e. The maximum Gasteiger partial charge on any atom is 0.309 e. The lowest BCUT2D eigenvalue weighted by atomic mass is 10.1. The largest absolute Gasteiger partial charge is 0.481 e. The number of aliphatic carboxylic acids is 1. The Labute approximate surface area is 161 Å². The Morgan fingerprint density at radius 1 is 1.19 bits per heavy atom. The van der Waals surface area contributed by atoms with Crippen molar-refractivity contribution in [2.75, 3.05) is 0 Å². The van der Waals surface area contributed by atoms with Crippen LogP contribution < -0.4 is 5.56 Å². The van der Waals surface area contributed by atoms with E-state index in [1.807, 2.05) is 0 Å². The standard InChI is InChI=1S/C18H11Cl2N3O4/c19-9-5-12(20)17-14(6-9)21-15(27-17)8-23-18(26)11-4-2-1-3-10(11)13(22-23)7-16(24)25/h1-6H,7-8H2,(H,24,25).